The Hall–Kier alpha value is -1.14. The SMILES string of the molecule is Cc1nc(CCNC(=O)N2CCOCC2C)cs1. The Balaban J connectivity index is 1.74. The third-order valence-electron chi connectivity index (χ3n) is 2.95. The molecule has 0 saturated carbocycles. The minimum absolute atomic E-state index is 0.00208. The molecule has 1 atom stereocenters. The van der Waals surface area contributed by atoms with Gasteiger partial charge in [-0.25, -0.2) is 9.78 Å². The van der Waals surface area contributed by atoms with Crippen molar-refractivity contribution in [2.24, 2.45) is 0 Å². The Morgan fingerprint density at radius 2 is 2.56 bits per heavy atom. The van der Waals surface area contributed by atoms with Gasteiger partial charge in [0, 0.05) is 24.9 Å². The summed E-state index contributed by atoms with van der Waals surface area (Å²) in [5.74, 6) is 0. The molecule has 1 N–H and O–H groups in total. The third kappa shape index (κ3) is 3.43. The highest BCUT2D eigenvalue weighted by Crippen LogP contribution is 2.08. The van der Waals surface area contributed by atoms with Crippen molar-refractivity contribution >= 4 is 17.4 Å². The first-order chi connectivity index (χ1) is 8.66. The first-order valence-corrected chi connectivity index (χ1v) is 7.08. The molecular weight excluding hydrogens is 250 g/mol. The molecule has 2 amide bonds. The average Bonchev–Trinajstić information content (AvgIpc) is 2.75. The van der Waals surface area contributed by atoms with E-state index in [2.05, 4.69) is 10.3 Å². The van der Waals surface area contributed by atoms with Crippen LogP contribution < -0.4 is 5.32 Å². The highest BCUT2D eigenvalue weighted by molar-refractivity contribution is 7.09. The molecule has 1 fully saturated rings. The fraction of sp³-hybridized carbons (Fsp3) is 0.667. The van der Waals surface area contributed by atoms with Crippen molar-refractivity contribution < 1.29 is 9.53 Å². The average molecular weight is 269 g/mol. The van der Waals surface area contributed by atoms with Gasteiger partial charge in [-0.1, -0.05) is 0 Å². The lowest BCUT2D eigenvalue weighted by atomic mass is 10.3. The molecule has 6 heteroatoms. The second-order valence-corrected chi connectivity index (χ2v) is 5.52. The zero-order valence-electron chi connectivity index (χ0n) is 10.8. The molecule has 0 aromatic carbocycles. The number of nitrogens with zero attached hydrogens (tertiary/aromatic N) is 2. The van der Waals surface area contributed by atoms with Crippen LogP contribution in [0.25, 0.3) is 0 Å². The Bertz CT molecular complexity index is 408. The maximum Gasteiger partial charge on any atom is 0.317 e. The molecule has 18 heavy (non-hydrogen) atoms. The van der Waals surface area contributed by atoms with E-state index in [0.717, 1.165) is 17.1 Å². The van der Waals surface area contributed by atoms with Gasteiger partial charge < -0.3 is 15.0 Å². The predicted octanol–water partition coefficient (Wildman–Crippen LogP) is 1.42. The maximum absolute atomic E-state index is 11.9. The van der Waals surface area contributed by atoms with Crippen LogP contribution in [0.3, 0.4) is 0 Å². The number of ether oxygens (including phenoxy) is 1. The van der Waals surface area contributed by atoms with Crippen LogP contribution in [0, 0.1) is 6.92 Å². The van der Waals surface area contributed by atoms with Crippen molar-refractivity contribution in [3.63, 3.8) is 0 Å². The van der Waals surface area contributed by atoms with Crippen molar-refractivity contribution in [1.29, 1.82) is 0 Å². The largest absolute Gasteiger partial charge is 0.377 e. The first-order valence-electron chi connectivity index (χ1n) is 6.20. The number of carbonyl (C=O) groups is 1. The summed E-state index contributed by atoms with van der Waals surface area (Å²) >= 11 is 1.64. The van der Waals surface area contributed by atoms with Gasteiger partial charge in [0.05, 0.1) is 30.0 Å². The molecule has 5 nitrogen and oxygen atoms in total. The van der Waals surface area contributed by atoms with Crippen LogP contribution in [0.15, 0.2) is 5.38 Å². The highest BCUT2D eigenvalue weighted by Gasteiger charge is 2.23. The van der Waals surface area contributed by atoms with E-state index in [9.17, 15) is 4.79 Å². The molecule has 1 aliphatic rings. The lowest BCUT2D eigenvalue weighted by Gasteiger charge is -2.33. The minimum Gasteiger partial charge on any atom is -0.377 e. The van der Waals surface area contributed by atoms with Crippen molar-refractivity contribution in [3.8, 4) is 0 Å². The fourth-order valence-corrected chi connectivity index (χ4v) is 2.60. The third-order valence-corrected chi connectivity index (χ3v) is 3.77. The molecule has 1 aliphatic heterocycles. The number of urea groups is 1. The predicted molar refractivity (Wildman–Crippen MR) is 70.9 cm³/mol. The van der Waals surface area contributed by atoms with Crippen LogP contribution in [-0.4, -0.2) is 48.3 Å². The number of morpholine rings is 1. The van der Waals surface area contributed by atoms with Gasteiger partial charge in [0.25, 0.3) is 0 Å². The van der Waals surface area contributed by atoms with E-state index in [-0.39, 0.29) is 12.1 Å². The second kappa shape index (κ2) is 6.15. The maximum atomic E-state index is 11.9. The first kappa shape index (κ1) is 13.3. The molecule has 0 radical (unpaired) electrons. The number of hydrogen-bond donors (Lipinski definition) is 1. The molecule has 1 aromatic rings. The molecule has 0 aliphatic carbocycles. The van der Waals surface area contributed by atoms with Crippen LogP contribution in [-0.2, 0) is 11.2 Å². The second-order valence-electron chi connectivity index (χ2n) is 4.46. The van der Waals surface area contributed by atoms with Crippen LogP contribution >= 0.6 is 11.3 Å². The molecule has 0 bridgehead atoms. The van der Waals surface area contributed by atoms with Crippen molar-refractivity contribution in [3.05, 3.63) is 16.1 Å². The van der Waals surface area contributed by atoms with Crippen LogP contribution in [0.1, 0.15) is 17.6 Å². The lowest BCUT2D eigenvalue weighted by molar-refractivity contribution is 0.0191. The number of hydrogen-bond acceptors (Lipinski definition) is 4. The van der Waals surface area contributed by atoms with Gasteiger partial charge in [0.15, 0.2) is 0 Å². The van der Waals surface area contributed by atoms with Gasteiger partial charge in [0.1, 0.15) is 0 Å². The summed E-state index contributed by atoms with van der Waals surface area (Å²) in [6.07, 6.45) is 0.787. The summed E-state index contributed by atoms with van der Waals surface area (Å²) in [4.78, 5) is 18.1. The van der Waals surface area contributed by atoms with E-state index in [0.29, 0.717) is 26.3 Å². The Kier molecular flexibility index (Phi) is 4.54. The quantitative estimate of drug-likeness (QED) is 0.903. The molecule has 1 unspecified atom stereocenters. The van der Waals surface area contributed by atoms with Crippen LogP contribution in [0.4, 0.5) is 4.79 Å². The monoisotopic (exact) mass is 269 g/mol. The number of aromatic nitrogens is 1. The molecule has 0 spiro atoms. The smallest absolute Gasteiger partial charge is 0.317 e. The van der Waals surface area contributed by atoms with E-state index < -0.39 is 0 Å². The van der Waals surface area contributed by atoms with Gasteiger partial charge in [-0.3, -0.25) is 0 Å². The topological polar surface area (TPSA) is 54.5 Å². The summed E-state index contributed by atoms with van der Waals surface area (Å²) in [5.41, 5.74) is 1.05. The number of thiazole rings is 1. The van der Waals surface area contributed by atoms with Crippen molar-refractivity contribution in [1.82, 2.24) is 15.2 Å². The van der Waals surface area contributed by atoms with Crippen LogP contribution in [0.2, 0.25) is 0 Å². The molecular formula is C12H19N3O2S. The number of amides is 2. The van der Waals surface area contributed by atoms with E-state index >= 15 is 0 Å². The van der Waals surface area contributed by atoms with Crippen LogP contribution in [0.5, 0.6) is 0 Å². The van der Waals surface area contributed by atoms with Gasteiger partial charge >= 0.3 is 6.03 Å². The van der Waals surface area contributed by atoms with E-state index in [1.807, 2.05) is 24.1 Å². The van der Waals surface area contributed by atoms with E-state index in [4.69, 9.17) is 4.74 Å². The zero-order chi connectivity index (χ0) is 13.0. The summed E-state index contributed by atoms with van der Waals surface area (Å²) < 4.78 is 5.31. The lowest BCUT2D eigenvalue weighted by Crippen LogP contribution is -2.51. The molecule has 2 heterocycles. The van der Waals surface area contributed by atoms with Gasteiger partial charge in [-0.15, -0.1) is 11.3 Å². The molecule has 100 valence electrons. The normalized spacial score (nSPS) is 19.9. The van der Waals surface area contributed by atoms with Crippen molar-refractivity contribution in [2.75, 3.05) is 26.3 Å². The van der Waals surface area contributed by atoms with Gasteiger partial charge in [-0.05, 0) is 13.8 Å². The standard InChI is InChI=1S/C12H19N3O2S/c1-9-7-17-6-5-15(9)12(16)13-4-3-11-8-18-10(2)14-11/h8-9H,3-7H2,1-2H3,(H,13,16). The summed E-state index contributed by atoms with van der Waals surface area (Å²) in [5, 5.41) is 6.04. The summed E-state index contributed by atoms with van der Waals surface area (Å²) in [6.45, 7) is 6.54. The Morgan fingerprint density at radius 1 is 1.72 bits per heavy atom. The number of aryl methyl sites for hydroxylation is 1. The molecule has 1 aromatic heterocycles. The Labute approximate surface area is 111 Å². The Morgan fingerprint density at radius 3 is 3.22 bits per heavy atom. The fourth-order valence-electron chi connectivity index (χ4n) is 1.95. The zero-order valence-corrected chi connectivity index (χ0v) is 11.6. The molecule has 2 rings (SSSR count). The summed E-state index contributed by atoms with van der Waals surface area (Å²) in [6, 6.07) is 0.151. The van der Waals surface area contributed by atoms with Gasteiger partial charge in [-0.2, -0.15) is 0 Å². The highest BCUT2D eigenvalue weighted by atomic mass is 32.1. The molecule has 1 saturated heterocycles. The van der Waals surface area contributed by atoms with Crippen molar-refractivity contribution in [2.45, 2.75) is 26.3 Å². The summed E-state index contributed by atoms with van der Waals surface area (Å²) in [7, 11) is 0. The number of rotatable bonds is 3. The number of nitrogens with one attached hydrogen (secondary N) is 1. The van der Waals surface area contributed by atoms with E-state index in [1.165, 1.54) is 0 Å². The minimum atomic E-state index is -0.00208. The number of carbonyl (C=O) groups excluding carboxylic acids is 1. The van der Waals surface area contributed by atoms with E-state index in [1.54, 1.807) is 11.3 Å². The van der Waals surface area contributed by atoms with Gasteiger partial charge in [0.2, 0.25) is 0 Å².